The third-order valence-electron chi connectivity index (χ3n) is 7.69. The molecule has 0 radical (unpaired) electrons. The van der Waals surface area contributed by atoms with Crippen molar-refractivity contribution in [1.29, 1.82) is 0 Å². The van der Waals surface area contributed by atoms with Gasteiger partial charge in [-0.3, -0.25) is 24.0 Å². The third kappa shape index (κ3) is 13.1. The van der Waals surface area contributed by atoms with E-state index in [2.05, 4.69) is 16.0 Å². The number of unbranched alkanes of at least 4 members (excludes halogenated alkanes) is 2. The molecule has 3 amide bonds. The van der Waals surface area contributed by atoms with Crippen molar-refractivity contribution in [2.45, 2.75) is 70.1 Å². The van der Waals surface area contributed by atoms with Gasteiger partial charge in [0.15, 0.2) is 5.78 Å². The van der Waals surface area contributed by atoms with Crippen molar-refractivity contribution >= 4 is 41.4 Å². The largest absolute Gasteiger partial charge is 0.481 e. The fraction of sp³-hybridized carbons (Fsp3) is 0.324. The number of benzene rings is 3. The average molecular weight is 704 g/mol. The Morgan fingerprint density at radius 3 is 1.75 bits per heavy atom. The summed E-state index contributed by atoms with van der Waals surface area (Å²) in [7, 11) is 0. The maximum atomic E-state index is 13.8. The molecule has 0 bridgehead atoms. The van der Waals surface area contributed by atoms with Gasteiger partial charge in [-0.1, -0.05) is 86.5 Å². The number of carbonyl (C=O) groups is 7. The lowest BCUT2D eigenvalue weighted by Gasteiger charge is -2.24. The number of amides is 3. The standard InChI is InChI=1S/C37H41N3O11/c1-2-3-7-20-38-34(45)28(21-24-12-16-27(17-13-24)51-33(36(47)48)37(49)50)40-35(46)29(39-30(41)18-19-31(42)43)22-23-10-14-26(15-11-23)32(44)25-8-5-4-6-9-25/h4-6,8-17,28-29,33H,2-3,7,18-22H2,1H3,(H,38,45)(H,39,41)(H,40,46)(H,42,43)(H,47,48)(H,49,50)/t28-,29+/m0/s1. The van der Waals surface area contributed by atoms with Gasteiger partial charge in [-0.2, -0.15) is 0 Å². The molecule has 0 fully saturated rings. The Balaban J connectivity index is 1.82. The normalized spacial score (nSPS) is 11.9. The zero-order chi connectivity index (χ0) is 37.3. The minimum Gasteiger partial charge on any atom is -0.481 e. The van der Waals surface area contributed by atoms with E-state index < -0.39 is 60.2 Å². The lowest BCUT2D eigenvalue weighted by Crippen LogP contribution is -2.55. The fourth-order valence-corrected chi connectivity index (χ4v) is 4.95. The van der Waals surface area contributed by atoms with Gasteiger partial charge in [0.25, 0.3) is 6.10 Å². The van der Waals surface area contributed by atoms with Crippen molar-refractivity contribution < 1.29 is 53.6 Å². The third-order valence-corrected chi connectivity index (χ3v) is 7.69. The number of nitrogens with one attached hydrogen (secondary N) is 3. The summed E-state index contributed by atoms with van der Waals surface area (Å²) in [4.78, 5) is 86.1. The summed E-state index contributed by atoms with van der Waals surface area (Å²) < 4.78 is 5.04. The topological polar surface area (TPSA) is 225 Å². The molecule has 0 aliphatic carbocycles. The van der Waals surface area contributed by atoms with Crippen molar-refractivity contribution in [2.24, 2.45) is 0 Å². The number of hydrogen-bond acceptors (Lipinski definition) is 8. The minimum absolute atomic E-state index is 0.0388. The number of carboxylic acid groups (broad SMARTS) is 3. The van der Waals surface area contributed by atoms with Crippen LogP contribution < -0.4 is 20.7 Å². The molecule has 3 aromatic carbocycles. The molecular formula is C37H41N3O11. The van der Waals surface area contributed by atoms with E-state index in [-0.39, 0.29) is 30.8 Å². The zero-order valence-corrected chi connectivity index (χ0v) is 28.0. The van der Waals surface area contributed by atoms with Crippen LogP contribution in [-0.4, -0.2) is 81.5 Å². The molecule has 0 aliphatic rings. The molecule has 51 heavy (non-hydrogen) atoms. The number of carboxylic acids is 3. The second-order valence-electron chi connectivity index (χ2n) is 11.7. The van der Waals surface area contributed by atoms with E-state index in [1.165, 1.54) is 24.3 Å². The highest BCUT2D eigenvalue weighted by atomic mass is 16.5. The minimum atomic E-state index is -2.13. The van der Waals surface area contributed by atoms with Crippen LogP contribution in [0.4, 0.5) is 0 Å². The van der Waals surface area contributed by atoms with Crippen molar-refractivity contribution in [3.8, 4) is 5.75 Å². The first kappa shape index (κ1) is 39.4. The van der Waals surface area contributed by atoms with E-state index in [0.717, 1.165) is 12.8 Å². The molecule has 0 saturated carbocycles. The van der Waals surface area contributed by atoms with Crippen LogP contribution >= 0.6 is 0 Å². The quantitative estimate of drug-likeness (QED) is 0.0537. The van der Waals surface area contributed by atoms with Gasteiger partial charge < -0.3 is 36.0 Å². The van der Waals surface area contributed by atoms with E-state index in [4.69, 9.17) is 20.1 Å². The van der Waals surface area contributed by atoms with Crippen LogP contribution in [0.5, 0.6) is 5.75 Å². The lowest BCUT2D eigenvalue weighted by atomic mass is 9.98. The van der Waals surface area contributed by atoms with E-state index in [0.29, 0.717) is 35.2 Å². The van der Waals surface area contributed by atoms with E-state index in [9.17, 15) is 33.6 Å². The lowest BCUT2D eigenvalue weighted by molar-refractivity contribution is -0.159. The number of rotatable bonds is 21. The molecule has 0 aromatic heterocycles. The van der Waals surface area contributed by atoms with Gasteiger partial charge in [0.05, 0.1) is 6.42 Å². The number of carbonyl (C=O) groups excluding carboxylic acids is 4. The highest BCUT2D eigenvalue weighted by Gasteiger charge is 2.29. The van der Waals surface area contributed by atoms with Gasteiger partial charge in [0.2, 0.25) is 17.7 Å². The summed E-state index contributed by atoms with van der Waals surface area (Å²) in [6.07, 6.45) is -0.568. The van der Waals surface area contributed by atoms with Crippen molar-refractivity contribution in [1.82, 2.24) is 16.0 Å². The maximum Gasteiger partial charge on any atom is 0.356 e. The summed E-state index contributed by atoms with van der Waals surface area (Å²) >= 11 is 0. The molecule has 0 saturated heterocycles. The summed E-state index contributed by atoms with van der Waals surface area (Å²) in [5.41, 5.74) is 2.00. The Kier molecular flexibility index (Phi) is 15.3. The molecular weight excluding hydrogens is 662 g/mol. The van der Waals surface area contributed by atoms with Gasteiger partial charge in [-0.05, 0) is 29.7 Å². The SMILES string of the molecule is CCCCCNC(=O)[C@H](Cc1ccc(OC(C(=O)O)C(=O)O)cc1)NC(=O)[C@@H](Cc1ccc(C(=O)c2ccccc2)cc1)NC(=O)CCC(=O)O. The first-order valence-corrected chi connectivity index (χ1v) is 16.4. The van der Waals surface area contributed by atoms with Crippen LogP contribution in [0, 0.1) is 0 Å². The Morgan fingerprint density at radius 2 is 1.20 bits per heavy atom. The fourth-order valence-electron chi connectivity index (χ4n) is 4.95. The zero-order valence-electron chi connectivity index (χ0n) is 28.0. The van der Waals surface area contributed by atoms with Gasteiger partial charge in [-0.15, -0.1) is 0 Å². The number of aliphatic carboxylic acids is 3. The van der Waals surface area contributed by atoms with Gasteiger partial charge in [0.1, 0.15) is 17.8 Å². The number of hydrogen-bond donors (Lipinski definition) is 6. The van der Waals surface area contributed by atoms with Crippen LogP contribution in [0.1, 0.15) is 66.1 Å². The average Bonchev–Trinajstić information content (AvgIpc) is 3.11. The summed E-state index contributed by atoms with van der Waals surface area (Å²) in [6, 6.07) is 18.4. The van der Waals surface area contributed by atoms with E-state index >= 15 is 0 Å². The Morgan fingerprint density at radius 1 is 0.647 bits per heavy atom. The van der Waals surface area contributed by atoms with Crippen LogP contribution in [-0.2, 0) is 41.6 Å². The van der Waals surface area contributed by atoms with Crippen LogP contribution in [0.3, 0.4) is 0 Å². The summed E-state index contributed by atoms with van der Waals surface area (Å²) in [5, 5.41) is 35.3. The first-order valence-electron chi connectivity index (χ1n) is 16.4. The van der Waals surface area contributed by atoms with Crippen molar-refractivity contribution in [3.05, 3.63) is 101 Å². The maximum absolute atomic E-state index is 13.8. The number of ether oxygens (including phenoxy) is 1. The molecule has 3 aromatic rings. The van der Waals surface area contributed by atoms with Crippen LogP contribution in [0.25, 0.3) is 0 Å². The van der Waals surface area contributed by atoms with Crippen molar-refractivity contribution in [3.63, 3.8) is 0 Å². The van der Waals surface area contributed by atoms with E-state index in [1.807, 2.05) is 6.92 Å². The van der Waals surface area contributed by atoms with Crippen LogP contribution in [0.2, 0.25) is 0 Å². The molecule has 6 N–H and O–H groups in total. The second kappa shape index (κ2) is 19.8. The second-order valence-corrected chi connectivity index (χ2v) is 11.7. The molecule has 14 heteroatoms. The van der Waals surface area contributed by atoms with Gasteiger partial charge >= 0.3 is 17.9 Å². The van der Waals surface area contributed by atoms with Crippen LogP contribution in [0.15, 0.2) is 78.9 Å². The molecule has 0 unspecified atom stereocenters. The molecule has 2 atom stereocenters. The molecule has 0 spiro atoms. The summed E-state index contributed by atoms with van der Waals surface area (Å²) in [5.74, 6) is -6.72. The Hall–Kier alpha value is -6.05. The molecule has 0 aliphatic heterocycles. The molecule has 3 rings (SSSR count). The monoisotopic (exact) mass is 703 g/mol. The molecule has 14 nitrogen and oxygen atoms in total. The van der Waals surface area contributed by atoms with Gasteiger partial charge in [0, 0.05) is 36.9 Å². The van der Waals surface area contributed by atoms with Crippen molar-refractivity contribution in [2.75, 3.05) is 6.54 Å². The summed E-state index contributed by atoms with van der Waals surface area (Å²) in [6.45, 7) is 2.36. The van der Waals surface area contributed by atoms with Gasteiger partial charge in [-0.25, -0.2) is 9.59 Å². The number of ketones is 1. The Labute approximate surface area is 294 Å². The Bertz CT molecular complexity index is 1660. The highest BCUT2D eigenvalue weighted by Crippen LogP contribution is 2.17. The predicted octanol–water partition coefficient (Wildman–Crippen LogP) is 2.76. The molecule has 270 valence electrons. The highest BCUT2D eigenvalue weighted by molar-refractivity contribution is 6.09. The molecule has 0 heterocycles. The predicted molar refractivity (Wildman–Crippen MR) is 183 cm³/mol. The van der Waals surface area contributed by atoms with E-state index in [1.54, 1.807) is 54.6 Å². The first-order chi connectivity index (χ1) is 24.4. The smallest absolute Gasteiger partial charge is 0.356 e.